The van der Waals surface area contributed by atoms with E-state index in [9.17, 15) is 10.1 Å². The van der Waals surface area contributed by atoms with Crippen molar-refractivity contribution in [2.75, 3.05) is 5.33 Å². The number of hydrogen-bond donors (Lipinski definition) is 0. The van der Waals surface area contributed by atoms with Crippen molar-refractivity contribution >= 4 is 27.7 Å². The molecule has 0 aromatic heterocycles. The zero-order chi connectivity index (χ0) is 11.3. The minimum Gasteiger partial charge on any atom is -0.258 e. The molecule has 0 spiro atoms. The second kappa shape index (κ2) is 5.27. The molecule has 5 heteroatoms. The molecule has 0 atom stereocenters. The van der Waals surface area contributed by atoms with Crippen molar-refractivity contribution in [2.24, 2.45) is 0 Å². The van der Waals surface area contributed by atoms with Gasteiger partial charge in [-0.2, -0.15) is 5.26 Å². The Balaban J connectivity index is 3.16. The quantitative estimate of drug-likeness (QED) is 0.480. The number of alkyl halides is 1. The second-order valence-corrected chi connectivity index (χ2v) is 3.34. The number of nitro groups is 1. The average Bonchev–Trinajstić information content (AvgIpc) is 2.25. The lowest BCUT2D eigenvalue weighted by Crippen LogP contribution is -1.90. The molecule has 0 saturated heterocycles. The van der Waals surface area contributed by atoms with Crippen molar-refractivity contribution in [3.8, 4) is 6.07 Å². The van der Waals surface area contributed by atoms with Gasteiger partial charge < -0.3 is 0 Å². The van der Waals surface area contributed by atoms with Gasteiger partial charge in [0.15, 0.2) is 0 Å². The number of rotatable bonds is 3. The van der Waals surface area contributed by atoms with Crippen LogP contribution >= 0.6 is 15.9 Å². The van der Waals surface area contributed by atoms with E-state index in [1.165, 1.54) is 12.1 Å². The Bertz CT molecular complexity index is 449. The monoisotopic (exact) mass is 266 g/mol. The molecule has 0 fully saturated rings. The van der Waals surface area contributed by atoms with Crippen LogP contribution in [0, 0.1) is 21.4 Å². The zero-order valence-corrected chi connectivity index (χ0v) is 9.27. The topological polar surface area (TPSA) is 66.9 Å². The third-order valence-electron chi connectivity index (χ3n) is 1.75. The maximum atomic E-state index is 10.5. The Morgan fingerprint density at radius 1 is 1.60 bits per heavy atom. The van der Waals surface area contributed by atoms with Crippen LogP contribution in [0.5, 0.6) is 0 Å². The fourth-order valence-corrected chi connectivity index (χ4v) is 1.26. The number of nitriles is 1. The summed E-state index contributed by atoms with van der Waals surface area (Å²) in [6.07, 6.45) is 3.57. The van der Waals surface area contributed by atoms with Gasteiger partial charge in [0.1, 0.15) is 6.07 Å². The molecule has 0 aliphatic carbocycles. The molecule has 0 aliphatic rings. The van der Waals surface area contributed by atoms with Gasteiger partial charge >= 0.3 is 0 Å². The summed E-state index contributed by atoms with van der Waals surface area (Å²) in [7, 11) is 0. The van der Waals surface area contributed by atoms with E-state index < -0.39 is 4.92 Å². The predicted octanol–water partition coefficient (Wildman–Crippen LogP) is 2.87. The molecule has 0 unspecified atom stereocenters. The van der Waals surface area contributed by atoms with E-state index in [1.54, 1.807) is 12.1 Å². The third kappa shape index (κ3) is 2.89. The first kappa shape index (κ1) is 11.4. The van der Waals surface area contributed by atoms with Crippen LogP contribution in [0.25, 0.3) is 6.08 Å². The van der Waals surface area contributed by atoms with E-state index in [2.05, 4.69) is 15.9 Å². The highest BCUT2D eigenvalue weighted by Gasteiger charge is 2.08. The molecule has 4 nitrogen and oxygen atoms in total. The van der Waals surface area contributed by atoms with Crippen LogP contribution in [0.4, 0.5) is 5.69 Å². The van der Waals surface area contributed by atoms with Crippen LogP contribution in [0.3, 0.4) is 0 Å². The highest BCUT2D eigenvalue weighted by atomic mass is 79.9. The average molecular weight is 267 g/mol. The first-order valence-corrected chi connectivity index (χ1v) is 5.22. The van der Waals surface area contributed by atoms with Gasteiger partial charge in [0.2, 0.25) is 0 Å². The minimum absolute atomic E-state index is 0.0671. The van der Waals surface area contributed by atoms with Gasteiger partial charge in [-0.1, -0.05) is 28.1 Å². The van der Waals surface area contributed by atoms with E-state index in [0.29, 0.717) is 16.5 Å². The molecule has 0 bridgehead atoms. The molecule has 0 amide bonds. The van der Waals surface area contributed by atoms with E-state index in [0.717, 1.165) is 0 Å². The highest BCUT2D eigenvalue weighted by molar-refractivity contribution is 9.09. The smallest absolute Gasteiger partial charge is 0.258 e. The Kier molecular flexibility index (Phi) is 4.01. The van der Waals surface area contributed by atoms with Crippen molar-refractivity contribution in [1.82, 2.24) is 0 Å². The normalized spacial score (nSPS) is 10.1. The fraction of sp³-hybridized carbons (Fsp3) is 0.100. The van der Waals surface area contributed by atoms with Gasteiger partial charge in [0, 0.05) is 17.5 Å². The van der Waals surface area contributed by atoms with Crippen molar-refractivity contribution in [3.63, 3.8) is 0 Å². The van der Waals surface area contributed by atoms with E-state index >= 15 is 0 Å². The number of nitrogens with zero attached hydrogens (tertiary/aromatic N) is 2. The standard InChI is InChI=1S/C10H7BrN2O2/c11-5-1-2-8-3-4-10(13(14)15)6-9(8)7-12/h1-4,6H,5H2. The number of halogens is 1. The zero-order valence-electron chi connectivity index (χ0n) is 7.68. The van der Waals surface area contributed by atoms with Gasteiger partial charge in [-0.15, -0.1) is 0 Å². The third-order valence-corrected chi connectivity index (χ3v) is 2.13. The van der Waals surface area contributed by atoms with E-state index in [1.807, 2.05) is 12.1 Å². The molecule has 1 aromatic rings. The SMILES string of the molecule is N#Cc1cc([N+](=O)[O-])ccc1C=CCBr. The molecule has 1 aromatic carbocycles. The van der Waals surface area contributed by atoms with E-state index in [4.69, 9.17) is 5.26 Å². The van der Waals surface area contributed by atoms with E-state index in [-0.39, 0.29) is 5.69 Å². The molecule has 15 heavy (non-hydrogen) atoms. The predicted molar refractivity (Wildman–Crippen MR) is 60.6 cm³/mol. The van der Waals surface area contributed by atoms with Crippen LogP contribution in [0.15, 0.2) is 24.3 Å². The molecule has 0 N–H and O–H groups in total. The lowest BCUT2D eigenvalue weighted by atomic mass is 10.1. The van der Waals surface area contributed by atoms with Crippen molar-refractivity contribution in [1.29, 1.82) is 5.26 Å². The van der Waals surface area contributed by atoms with Gasteiger partial charge in [-0.05, 0) is 11.6 Å². The second-order valence-electron chi connectivity index (χ2n) is 2.70. The van der Waals surface area contributed by atoms with Crippen LogP contribution in [0.1, 0.15) is 11.1 Å². The largest absolute Gasteiger partial charge is 0.270 e. The summed E-state index contributed by atoms with van der Waals surface area (Å²) in [4.78, 5) is 9.95. The number of hydrogen-bond acceptors (Lipinski definition) is 3. The Morgan fingerprint density at radius 3 is 2.87 bits per heavy atom. The fourth-order valence-electron chi connectivity index (χ4n) is 1.07. The molecular formula is C10H7BrN2O2. The number of allylic oxidation sites excluding steroid dienone is 1. The Morgan fingerprint density at radius 2 is 2.33 bits per heavy atom. The maximum Gasteiger partial charge on any atom is 0.270 e. The van der Waals surface area contributed by atoms with Gasteiger partial charge in [-0.25, -0.2) is 0 Å². The van der Waals surface area contributed by atoms with Crippen LogP contribution in [-0.2, 0) is 0 Å². The van der Waals surface area contributed by atoms with Crippen LogP contribution in [0.2, 0.25) is 0 Å². The molecule has 76 valence electrons. The van der Waals surface area contributed by atoms with Crippen LogP contribution < -0.4 is 0 Å². The maximum absolute atomic E-state index is 10.5. The summed E-state index contributed by atoms with van der Waals surface area (Å²) in [5.74, 6) is 0. The van der Waals surface area contributed by atoms with Crippen molar-refractivity contribution in [3.05, 3.63) is 45.5 Å². The summed E-state index contributed by atoms with van der Waals surface area (Å²) in [5.41, 5.74) is 0.923. The van der Waals surface area contributed by atoms with Gasteiger partial charge in [0.25, 0.3) is 5.69 Å². The first-order valence-electron chi connectivity index (χ1n) is 4.10. The summed E-state index contributed by atoms with van der Waals surface area (Å²) < 4.78 is 0. The number of non-ortho nitro benzene ring substituents is 1. The summed E-state index contributed by atoms with van der Waals surface area (Å²) in [5, 5.41) is 19.9. The van der Waals surface area contributed by atoms with Crippen LogP contribution in [-0.4, -0.2) is 10.3 Å². The Hall–Kier alpha value is -1.67. The minimum atomic E-state index is -0.515. The molecule has 0 heterocycles. The summed E-state index contributed by atoms with van der Waals surface area (Å²) in [6, 6.07) is 6.15. The van der Waals surface area contributed by atoms with Crippen molar-refractivity contribution in [2.45, 2.75) is 0 Å². The molecule has 1 rings (SSSR count). The summed E-state index contributed by atoms with van der Waals surface area (Å²) in [6.45, 7) is 0. The molecule has 0 radical (unpaired) electrons. The Labute approximate surface area is 95.1 Å². The molecule has 0 aliphatic heterocycles. The molecule has 0 saturated carbocycles. The molecular weight excluding hydrogens is 260 g/mol. The number of benzene rings is 1. The first-order chi connectivity index (χ1) is 7.19. The lowest BCUT2D eigenvalue weighted by molar-refractivity contribution is -0.384. The number of nitro benzene ring substituents is 1. The highest BCUT2D eigenvalue weighted by Crippen LogP contribution is 2.18. The van der Waals surface area contributed by atoms with Gasteiger partial charge in [-0.3, -0.25) is 10.1 Å². The van der Waals surface area contributed by atoms with Gasteiger partial charge in [0.05, 0.1) is 10.5 Å². The lowest BCUT2D eigenvalue weighted by Gasteiger charge is -1.97. The van der Waals surface area contributed by atoms with Crippen molar-refractivity contribution < 1.29 is 4.92 Å². The summed E-state index contributed by atoms with van der Waals surface area (Å²) >= 11 is 3.21.